The second kappa shape index (κ2) is 8.41. The third-order valence-corrected chi connectivity index (χ3v) is 7.16. The molecule has 0 spiro atoms. The van der Waals surface area contributed by atoms with Crippen molar-refractivity contribution >= 4 is 33.9 Å². The van der Waals surface area contributed by atoms with E-state index in [9.17, 15) is 9.59 Å². The first-order valence-electron chi connectivity index (χ1n) is 12.3. The molecule has 0 radical (unpaired) electrons. The zero-order valence-corrected chi connectivity index (χ0v) is 20.4. The van der Waals surface area contributed by atoms with Crippen molar-refractivity contribution in [3.8, 4) is 22.5 Å². The molecule has 0 fully saturated rings. The Kier molecular flexibility index (Phi) is 4.87. The Morgan fingerprint density at radius 3 is 2.63 bits per heavy atom. The van der Waals surface area contributed by atoms with Crippen molar-refractivity contribution in [1.29, 1.82) is 0 Å². The number of aromatic nitrogens is 4. The SMILES string of the molecule is CNC(=O)c1ccc2nc(-c3cccc4c3-c3ccccc3[C@H]4NC(=O)c3ccnc4[nH]ccc34)[nH]c2c1. The number of benzene rings is 3. The number of pyridine rings is 1. The van der Waals surface area contributed by atoms with Crippen LogP contribution in [0.2, 0.25) is 0 Å². The molecular formula is C30H22N6O2. The van der Waals surface area contributed by atoms with Gasteiger partial charge < -0.3 is 20.6 Å². The third kappa shape index (κ3) is 3.31. The summed E-state index contributed by atoms with van der Waals surface area (Å²) >= 11 is 0. The van der Waals surface area contributed by atoms with Gasteiger partial charge in [-0.15, -0.1) is 0 Å². The van der Waals surface area contributed by atoms with Crippen molar-refractivity contribution < 1.29 is 9.59 Å². The Bertz CT molecular complexity index is 1900. The molecular weight excluding hydrogens is 476 g/mol. The summed E-state index contributed by atoms with van der Waals surface area (Å²) in [6.07, 6.45) is 3.42. The molecule has 38 heavy (non-hydrogen) atoms. The Balaban J connectivity index is 1.33. The quantitative estimate of drug-likeness (QED) is 0.275. The largest absolute Gasteiger partial charge is 0.355 e. The molecule has 7 rings (SSSR count). The van der Waals surface area contributed by atoms with Crippen LogP contribution in [0.1, 0.15) is 37.9 Å². The molecule has 0 saturated carbocycles. The molecule has 8 nitrogen and oxygen atoms in total. The molecule has 4 N–H and O–H groups in total. The van der Waals surface area contributed by atoms with Crippen molar-refractivity contribution in [1.82, 2.24) is 30.6 Å². The molecule has 8 heteroatoms. The lowest BCUT2D eigenvalue weighted by atomic mass is 9.98. The summed E-state index contributed by atoms with van der Waals surface area (Å²) in [7, 11) is 1.61. The molecule has 1 aliphatic carbocycles. The maximum atomic E-state index is 13.5. The van der Waals surface area contributed by atoms with Crippen LogP contribution in [0.25, 0.3) is 44.6 Å². The minimum atomic E-state index is -0.319. The van der Waals surface area contributed by atoms with E-state index >= 15 is 0 Å². The van der Waals surface area contributed by atoms with Crippen LogP contribution in [0.4, 0.5) is 0 Å². The van der Waals surface area contributed by atoms with E-state index in [1.54, 1.807) is 37.6 Å². The van der Waals surface area contributed by atoms with Gasteiger partial charge in [0.2, 0.25) is 0 Å². The second-order valence-corrected chi connectivity index (χ2v) is 9.26. The molecule has 0 unspecified atom stereocenters. The van der Waals surface area contributed by atoms with Gasteiger partial charge in [0.1, 0.15) is 11.5 Å². The fourth-order valence-corrected chi connectivity index (χ4v) is 5.40. The molecule has 3 aromatic heterocycles. The van der Waals surface area contributed by atoms with Gasteiger partial charge >= 0.3 is 0 Å². The zero-order chi connectivity index (χ0) is 25.8. The van der Waals surface area contributed by atoms with E-state index in [1.807, 2.05) is 36.4 Å². The number of amides is 2. The third-order valence-electron chi connectivity index (χ3n) is 7.16. The molecule has 1 aliphatic rings. The van der Waals surface area contributed by atoms with Crippen LogP contribution in [0.5, 0.6) is 0 Å². The van der Waals surface area contributed by atoms with Crippen LogP contribution < -0.4 is 10.6 Å². The minimum Gasteiger partial charge on any atom is -0.355 e. The Hall–Kier alpha value is -5.24. The van der Waals surface area contributed by atoms with Crippen LogP contribution in [0.3, 0.4) is 0 Å². The van der Waals surface area contributed by atoms with Crippen molar-refractivity contribution in [2.75, 3.05) is 7.05 Å². The van der Waals surface area contributed by atoms with E-state index in [0.717, 1.165) is 44.2 Å². The highest BCUT2D eigenvalue weighted by molar-refractivity contribution is 6.06. The van der Waals surface area contributed by atoms with Crippen LogP contribution in [-0.4, -0.2) is 38.8 Å². The highest BCUT2D eigenvalue weighted by atomic mass is 16.2. The predicted octanol–water partition coefficient (Wildman–Crippen LogP) is 4.97. The van der Waals surface area contributed by atoms with Crippen molar-refractivity contribution in [2.45, 2.75) is 6.04 Å². The fraction of sp³-hybridized carbons (Fsp3) is 0.0667. The standard InChI is InChI=1S/C30H22N6O2/c1-31-29(37)16-9-10-23-24(15-16)35-28(34-23)22-8-4-7-21-25(22)17-5-2-3-6-18(17)26(21)36-30(38)20-12-14-33-27-19(20)11-13-32-27/h2-15,26H,1H3,(H,31,37)(H,32,33)(H,34,35)(H,36,38)/t26-/m1/s1. The van der Waals surface area contributed by atoms with Crippen LogP contribution >= 0.6 is 0 Å². The van der Waals surface area contributed by atoms with Gasteiger partial charge in [-0.1, -0.05) is 42.5 Å². The van der Waals surface area contributed by atoms with Crippen molar-refractivity contribution in [3.05, 3.63) is 107 Å². The summed E-state index contributed by atoms with van der Waals surface area (Å²) in [5.74, 6) is 0.388. The van der Waals surface area contributed by atoms with Gasteiger partial charge in [-0.2, -0.15) is 0 Å². The normalized spacial score (nSPS) is 13.9. The molecule has 184 valence electrons. The van der Waals surface area contributed by atoms with E-state index in [0.29, 0.717) is 22.6 Å². The number of nitrogens with zero attached hydrogens (tertiary/aromatic N) is 2. The van der Waals surface area contributed by atoms with Crippen LogP contribution in [-0.2, 0) is 0 Å². The van der Waals surface area contributed by atoms with Crippen molar-refractivity contribution in [2.24, 2.45) is 0 Å². The lowest BCUT2D eigenvalue weighted by Crippen LogP contribution is -2.28. The first kappa shape index (κ1) is 22.0. The molecule has 0 aliphatic heterocycles. The van der Waals surface area contributed by atoms with Gasteiger partial charge in [-0.3, -0.25) is 9.59 Å². The molecule has 3 aromatic carbocycles. The maximum Gasteiger partial charge on any atom is 0.252 e. The first-order valence-corrected chi connectivity index (χ1v) is 12.3. The molecule has 6 aromatic rings. The number of H-pyrrole nitrogens is 2. The predicted molar refractivity (Wildman–Crippen MR) is 146 cm³/mol. The van der Waals surface area contributed by atoms with Crippen LogP contribution in [0.15, 0.2) is 85.2 Å². The summed E-state index contributed by atoms with van der Waals surface area (Å²) in [6.45, 7) is 0. The molecule has 2 amide bonds. The number of aromatic amines is 2. The molecule has 1 atom stereocenters. The summed E-state index contributed by atoms with van der Waals surface area (Å²) < 4.78 is 0. The van der Waals surface area contributed by atoms with E-state index in [-0.39, 0.29) is 17.9 Å². The molecule has 3 heterocycles. The average molecular weight is 499 g/mol. The first-order chi connectivity index (χ1) is 18.6. The topological polar surface area (TPSA) is 116 Å². The number of fused-ring (bicyclic) bond motifs is 5. The van der Waals surface area contributed by atoms with Crippen molar-refractivity contribution in [3.63, 3.8) is 0 Å². The van der Waals surface area contributed by atoms with E-state index in [4.69, 9.17) is 4.98 Å². The number of hydrogen-bond acceptors (Lipinski definition) is 4. The summed E-state index contributed by atoms with van der Waals surface area (Å²) in [5, 5.41) is 6.70. The number of carbonyl (C=O) groups excluding carboxylic acids is 2. The summed E-state index contributed by atoms with van der Waals surface area (Å²) in [4.78, 5) is 41.2. The maximum absolute atomic E-state index is 13.5. The van der Waals surface area contributed by atoms with Gasteiger partial charge in [0.15, 0.2) is 0 Å². The lowest BCUT2D eigenvalue weighted by molar-refractivity contribution is 0.0942. The van der Waals surface area contributed by atoms with Gasteiger partial charge in [-0.25, -0.2) is 9.97 Å². The van der Waals surface area contributed by atoms with E-state index in [2.05, 4.69) is 43.8 Å². The Morgan fingerprint density at radius 1 is 0.895 bits per heavy atom. The van der Waals surface area contributed by atoms with Gasteiger partial charge in [0.05, 0.1) is 22.6 Å². The smallest absolute Gasteiger partial charge is 0.252 e. The van der Waals surface area contributed by atoms with Gasteiger partial charge in [-0.05, 0) is 52.6 Å². The molecule has 0 bridgehead atoms. The average Bonchev–Trinajstić information content (AvgIpc) is 3.68. The number of imidazole rings is 1. The Labute approximate surface area is 217 Å². The van der Waals surface area contributed by atoms with E-state index in [1.165, 1.54) is 0 Å². The summed E-state index contributed by atoms with van der Waals surface area (Å²) in [6, 6.07) is 22.9. The zero-order valence-electron chi connectivity index (χ0n) is 20.4. The number of carbonyl (C=O) groups is 2. The molecule has 0 saturated heterocycles. The number of hydrogen-bond donors (Lipinski definition) is 4. The highest BCUT2D eigenvalue weighted by Crippen LogP contribution is 2.47. The highest BCUT2D eigenvalue weighted by Gasteiger charge is 2.32. The van der Waals surface area contributed by atoms with Gasteiger partial charge in [0.25, 0.3) is 11.8 Å². The number of rotatable bonds is 4. The minimum absolute atomic E-state index is 0.151. The van der Waals surface area contributed by atoms with Gasteiger partial charge in [0, 0.05) is 36.0 Å². The lowest BCUT2D eigenvalue weighted by Gasteiger charge is -2.16. The van der Waals surface area contributed by atoms with E-state index < -0.39 is 0 Å². The second-order valence-electron chi connectivity index (χ2n) is 9.26. The van der Waals surface area contributed by atoms with Crippen LogP contribution in [0, 0.1) is 0 Å². The summed E-state index contributed by atoms with van der Waals surface area (Å²) in [5.41, 5.74) is 8.41. The monoisotopic (exact) mass is 498 g/mol. The number of nitrogens with one attached hydrogen (secondary N) is 4. The Morgan fingerprint density at radius 2 is 1.74 bits per heavy atom. The fourth-order valence-electron chi connectivity index (χ4n) is 5.40.